The van der Waals surface area contributed by atoms with Crippen LogP contribution in [0.1, 0.15) is 40.3 Å². The zero-order valence-corrected chi connectivity index (χ0v) is 14.9. The number of anilines is 1. The number of hydrogen-bond acceptors (Lipinski definition) is 8. The Labute approximate surface area is 145 Å². The average molecular weight is 354 g/mol. The van der Waals surface area contributed by atoms with Crippen molar-refractivity contribution < 1.29 is 19.4 Å². The van der Waals surface area contributed by atoms with Gasteiger partial charge in [0.2, 0.25) is 0 Å². The molecule has 5 N–H and O–H groups in total. The van der Waals surface area contributed by atoms with Crippen LogP contribution in [0.4, 0.5) is 5.82 Å². The predicted octanol–water partition coefficient (Wildman–Crippen LogP) is -0.221. The van der Waals surface area contributed by atoms with Crippen LogP contribution in [0.15, 0.2) is 17.1 Å². The van der Waals surface area contributed by atoms with Crippen molar-refractivity contribution >= 4 is 11.8 Å². The maximum atomic E-state index is 12.2. The van der Waals surface area contributed by atoms with Crippen molar-refractivity contribution in [3.8, 4) is 0 Å². The van der Waals surface area contributed by atoms with Gasteiger partial charge in [-0.15, -0.1) is 0 Å². The van der Waals surface area contributed by atoms with Crippen LogP contribution in [0.25, 0.3) is 0 Å². The molecule has 9 heteroatoms. The first-order chi connectivity index (χ1) is 11.6. The normalized spacial score (nSPS) is 30.4. The molecule has 0 aromatic carbocycles. The van der Waals surface area contributed by atoms with E-state index >= 15 is 0 Å². The minimum Gasteiger partial charge on any atom is -0.455 e. The van der Waals surface area contributed by atoms with Gasteiger partial charge in [0, 0.05) is 6.20 Å². The summed E-state index contributed by atoms with van der Waals surface area (Å²) in [5.41, 5.74) is 9.01. The van der Waals surface area contributed by atoms with E-state index in [-0.39, 0.29) is 11.7 Å². The van der Waals surface area contributed by atoms with Crippen molar-refractivity contribution in [2.24, 2.45) is 11.7 Å². The van der Waals surface area contributed by atoms with Gasteiger partial charge in [0.25, 0.3) is 0 Å². The largest absolute Gasteiger partial charge is 0.455 e. The molecule has 1 saturated heterocycles. The van der Waals surface area contributed by atoms with Crippen LogP contribution in [0, 0.1) is 5.92 Å². The lowest BCUT2D eigenvalue weighted by Crippen LogP contribution is -2.50. The van der Waals surface area contributed by atoms with Gasteiger partial charge in [-0.2, -0.15) is 4.98 Å². The molecular weight excluding hydrogens is 328 g/mol. The Balaban J connectivity index is 2.32. The minimum atomic E-state index is -1.64. The second-order valence-corrected chi connectivity index (χ2v) is 6.83. The van der Waals surface area contributed by atoms with E-state index in [1.807, 2.05) is 6.92 Å². The number of aliphatic hydroxyl groups is 1. The molecule has 25 heavy (non-hydrogen) atoms. The van der Waals surface area contributed by atoms with Crippen LogP contribution in [-0.2, 0) is 14.3 Å². The highest BCUT2D eigenvalue weighted by molar-refractivity contribution is 5.76. The summed E-state index contributed by atoms with van der Waals surface area (Å²) in [6.07, 6.45) is -0.762. The molecule has 1 fully saturated rings. The molecule has 0 bridgehead atoms. The molecule has 140 valence electrons. The van der Waals surface area contributed by atoms with Gasteiger partial charge in [-0.1, -0.05) is 20.8 Å². The second kappa shape index (κ2) is 7.11. The summed E-state index contributed by atoms with van der Waals surface area (Å²) >= 11 is 0. The highest BCUT2D eigenvalue weighted by Crippen LogP contribution is 2.40. The number of carbonyl (C=O) groups excluding carboxylic acids is 1. The summed E-state index contributed by atoms with van der Waals surface area (Å²) in [6, 6.07) is 0.615. The van der Waals surface area contributed by atoms with Crippen molar-refractivity contribution in [2.75, 3.05) is 5.73 Å². The third kappa shape index (κ3) is 3.68. The number of esters is 1. The number of aromatic nitrogens is 2. The Bertz CT molecular complexity index is 687. The average Bonchev–Trinajstić information content (AvgIpc) is 2.77. The van der Waals surface area contributed by atoms with E-state index in [9.17, 15) is 14.7 Å². The van der Waals surface area contributed by atoms with Crippen LogP contribution in [0.5, 0.6) is 0 Å². The number of rotatable bonds is 5. The number of ether oxygens (including phenoxy) is 2. The van der Waals surface area contributed by atoms with Crippen LogP contribution in [0.3, 0.4) is 0 Å². The van der Waals surface area contributed by atoms with Gasteiger partial charge in [0.15, 0.2) is 12.3 Å². The van der Waals surface area contributed by atoms with Gasteiger partial charge in [0.1, 0.15) is 23.6 Å². The number of nitrogens with two attached hydrogens (primary N) is 2. The highest BCUT2D eigenvalue weighted by atomic mass is 16.6. The SMILES string of the molecule is CC[C@H]1O[C@@H](n2ccc(N)nc2=O)[C@@](C)(O)C1OC(=O)C(N)C(C)C. The van der Waals surface area contributed by atoms with Crippen LogP contribution in [-0.4, -0.2) is 44.5 Å². The second-order valence-electron chi connectivity index (χ2n) is 6.83. The van der Waals surface area contributed by atoms with E-state index in [1.54, 1.807) is 13.8 Å². The fourth-order valence-corrected chi connectivity index (χ4v) is 2.82. The molecule has 0 amide bonds. The lowest BCUT2D eigenvalue weighted by Gasteiger charge is -2.31. The molecule has 0 aliphatic carbocycles. The van der Waals surface area contributed by atoms with E-state index in [2.05, 4.69) is 4.98 Å². The molecule has 9 nitrogen and oxygen atoms in total. The van der Waals surface area contributed by atoms with Crippen LogP contribution in [0.2, 0.25) is 0 Å². The Morgan fingerprint density at radius 1 is 1.56 bits per heavy atom. The van der Waals surface area contributed by atoms with Gasteiger partial charge in [-0.3, -0.25) is 9.36 Å². The lowest BCUT2D eigenvalue weighted by molar-refractivity contribution is -0.166. The Kier molecular flexibility index (Phi) is 5.50. The zero-order chi connectivity index (χ0) is 18.9. The van der Waals surface area contributed by atoms with Crippen molar-refractivity contribution in [3.63, 3.8) is 0 Å². The maximum absolute atomic E-state index is 12.2. The fourth-order valence-electron chi connectivity index (χ4n) is 2.82. The van der Waals surface area contributed by atoms with Crippen molar-refractivity contribution in [1.29, 1.82) is 0 Å². The summed E-state index contributed by atoms with van der Waals surface area (Å²) in [6.45, 7) is 6.88. The molecular formula is C16H26N4O5. The zero-order valence-electron chi connectivity index (χ0n) is 14.9. The van der Waals surface area contributed by atoms with Gasteiger partial charge in [0.05, 0.1) is 0 Å². The Hall–Kier alpha value is -1.97. The molecule has 0 radical (unpaired) electrons. The summed E-state index contributed by atoms with van der Waals surface area (Å²) in [5.74, 6) is -0.665. The molecule has 2 heterocycles. The molecule has 1 aromatic heterocycles. The van der Waals surface area contributed by atoms with Crippen molar-refractivity contribution in [2.45, 2.75) is 64.2 Å². The topological polar surface area (TPSA) is 143 Å². The summed E-state index contributed by atoms with van der Waals surface area (Å²) in [7, 11) is 0. The summed E-state index contributed by atoms with van der Waals surface area (Å²) in [4.78, 5) is 28.0. The first-order valence-electron chi connectivity index (χ1n) is 8.28. The summed E-state index contributed by atoms with van der Waals surface area (Å²) in [5, 5.41) is 11.0. The van der Waals surface area contributed by atoms with Gasteiger partial charge < -0.3 is 26.0 Å². The number of carbonyl (C=O) groups is 1. The first kappa shape index (κ1) is 19.4. The molecule has 0 spiro atoms. The van der Waals surface area contributed by atoms with Crippen molar-refractivity contribution in [1.82, 2.24) is 9.55 Å². The first-order valence-corrected chi connectivity index (χ1v) is 8.28. The Morgan fingerprint density at radius 2 is 2.20 bits per heavy atom. The quantitative estimate of drug-likeness (QED) is 0.616. The summed E-state index contributed by atoms with van der Waals surface area (Å²) < 4.78 is 12.4. The molecule has 2 rings (SSSR count). The Morgan fingerprint density at radius 3 is 2.72 bits per heavy atom. The smallest absolute Gasteiger partial charge is 0.351 e. The molecule has 2 unspecified atom stereocenters. The van der Waals surface area contributed by atoms with E-state index < -0.39 is 41.7 Å². The van der Waals surface area contributed by atoms with Gasteiger partial charge >= 0.3 is 11.7 Å². The lowest BCUT2D eigenvalue weighted by atomic mass is 9.94. The predicted molar refractivity (Wildman–Crippen MR) is 90.4 cm³/mol. The van der Waals surface area contributed by atoms with Crippen LogP contribution < -0.4 is 17.2 Å². The molecule has 5 atom stereocenters. The molecule has 0 saturated carbocycles. The standard InChI is InChI=1S/C16H26N4O5/c1-5-9-12(25-13(21)11(18)8(2)3)16(4,23)14(24-9)20-7-6-10(17)19-15(20)22/h6-9,11-12,14,23H,5,18H2,1-4H3,(H2,17,19,22)/t9-,11?,12?,14-,16+/m1/s1. The third-order valence-corrected chi connectivity index (χ3v) is 4.46. The monoisotopic (exact) mass is 354 g/mol. The van der Waals surface area contributed by atoms with Gasteiger partial charge in [-0.05, 0) is 25.3 Å². The fraction of sp³-hybridized carbons (Fsp3) is 0.688. The van der Waals surface area contributed by atoms with E-state index in [0.717, 1.165) is 4.57 Å². The van der Waals surface area contributed by atoms with E-state index in [0.29, 0.717) is 6.42 Å². The van der Waals surface area contributed by atoms with Gasteiger partial charge in [-0.25, -0.2) is 4.79 Å². The van der Waals surface area contributed by atoms with Crippen molar-refractivity contribution in [3.05, 3.63) is 22.7 Å². The molecule has 1 aliphatic heterocycles. The number of nitrogen functional groups attached to an aromatic ring is 1. The maximum Gasteiger partial charge on any atom is 0.351 e. The highest BCUT2D eigenvalue weighted by Gasteiger charge is 2.56. The number of hydrogen-bond donors (Lipinski definition) is 3. The van der Waals surface area contributed by atoms with Crippen LogP contribution >= 0.6 is 0 Å². The molecule has 1 aromatic rings. The third-order valence-electron chi connectivity index (χ3n) is 4.46. The van der Waals surface area contributed by atoms with E-state index in [4.69, 9.17) is 20.9 Å². The number of nitrogens with zero attached hydrogens (tertiary/aromatic N) is 2. The van der Waals surface area contributed by atoms with E-state index in [1.165, 1.54) is 19.2 Å². The minimum absolute atomic E-state index is 0.0665. The molecule has 1 aliphatic rings.